The van der Waals surface area contributed by atoms with Crippen molar-refractivity contribution in [2.24, 2.45) is 5.10 Å². The van der Waals surface area contributed by atoms with E-state index in [0.29, 0.717) is 23.6 Å². The van der Waals surface area contributed by atoms with E-state index in [2.05, 4.69) is 20.5 Å². The average Bonchev–Trinajstić information content (AvgIpc) is 2.76. The molecule has 0 bridgehead atoms. The van der Waals surface area contributed by atoms with Crippen molar-refractivity contribution in [3.05, 3.63) is 66.1 Å². The maximum Gasteiger partial charge on any atom is 0.291 e. The highest BCUT2D eigenvalue weighted by Gasteiger charge is 2.10. The van der Waals surface area contributed by atoms with E-state index in [0.717, 1.165) is 11.3 Å². The molecule has 3 rings (SSSR count). The maximum absolute atomic E-state index is 12.3. The van der Waals surface area contributed by atoms with Gasteiger partial charge in [-0.2, -0.15) is 5.10 Å². The van der Waals surface area contributed by atoms with Crippen molar-refractivity contribution in [1.82, 2.24) is 15.4 Å². The van der Waals surface area contributed by atoms with Gasteiger partial charge in [0.05, 0.1) is 38.0 Å². The molecule has 1 aromatic heterocycles. The summed E-state index contributed by atoms with van der Waals surface area (Å²) < 4.78 is 10.5. The first kappa shape index (κ1) is 19.8. The summed E-state index contributed by atoms with van der Waals surface area (Å²) >= 11 is 0. The Bertz CT molecular complexity index is 1020. The summed E-state index contributed by atoms with van der Waals surface area (Å²) in [5.74, 6) is 0.808. The van der Waals surface area contributed by atoms with Crippen LogP contribution in [0.2, 0.25) is 0 Å². The van der Waals surface area contributed by atoms with Gasteiger partial charge in [-0.3, -0.25) is 9.78 Å². The number of phenols is 1. The Hall–Kier alpha value is -3.94. The number of nitrogens with zero attached hydrogens (tertiary/aromatic N) is 3. The summed E-state index contributed by atoms with van der Waals surface area (Å²) in [4.78, 5) is 20.7. The fourth-order valence-electron chi connectivity index (χ4n) is 2.48. The largest absolute Gasteiger partial charge is 0.507 e. The van der Waals surface area contributed by atoms with Gasteiger partial charge in [0.25, 0.3) is 5.91 Å². The van der Waals surface area contributed by atoms with Gasteiger partial charge >= 0.3 is 0 Å². The molecule has 1 heterocycles. The van der Waals surface area contributed by atoms with E-state index < -0.39 is 5.91 Å². The molecule has 3 aromatic rings. The number of methoxy groups -OCH3 is 1. The number of benzene rings is 2. The number of hydrogen-bond donors (Lipinski definition) is 2. The van der Waals surface area contributed by atoms with E-state index in [9.17, 15) is 9.90 Å². The molecule has 0 fully saturated rings. The predicted octanol–water partition coefficient (Wildman–Crippen LogP) is 3.02. The predicted molar refractivity (Wildman–Crippen MR) is 108 cm³/mol. The van der Waals surface area contributed by atoms with Crippen molar-refractivity contribution in [2.75, 3.05) is 13.7 Å². The molecular weight excluding hydrogens is 372 g/mol. The van der Waals surface area contributed by atoms with E-state index in [1.54, 1.807) is 18.3 Å². The number of aromatic nitrogens is 2. The Morgan fingerprint density at radius 3 is 2.66 bits per heavy atom. The second-order valence-electron chi connectivity index (χ2n) is 5.87. The number of ether oxygens (including phenoxy) is 2. The minimum atomic E-state index is -0.524. The molecule has 0 saturated carbocycles. The normalized spacial score (nSPS) is 10.7. The minimum Gasteiger partial charge on any atom is -0.507 e. The van der Waals surface area contributed by atoms with Gasteiger partial charge in [-0.15, -0.1) is 0 Å². The van der Waals surface area contributed by atoms with Gasteiger partial charge in [0, 0.05) is 11.1 Å². The number of carbonyl (C=O) groups excluding carboxylic acids is 1. The highest BCUT2D eigenvalue weighted by atomic mass is 16.5. The molecule has 0 aliphatic heterocycles. The lowest BCUT2D eigenvalue weighted by Crippen LogP contribution is -2.19. The smallest absolute Gasteiger partial charge is 0.291 e. The van der Waals surface area contributed by atoms with E-state index >= 15 is 0 Å². The monoisotopic (exact) mass is 392 g/mol. The maximum atomic E-state index is 12.3. The molecule has 2 N–H and O–H groups in total. The minimum absolute atomic E-state index is 0.0149. The van der Waals surface area contributed by atoms with Crippen LogP contribution in [0.25, 0.3) is 11.3 Å². The SMILES string of the molecule is CCOc1ccc(-c2cncc(C(=O)N/N=C/c3cc(OC)ccc3O)n2)cc1. The van der Waals surface area contributed by atoms with E-state index in [1.165, 1.54) is 25.6 Å². The number of phenolic OH excluding ortho intramolecular Hbond substituents is 1. The lowest BCUT2D eigenvalue weighted by molar-refractivity contribution is 0.0950. The van der Waals surface area contributed by atoms with Crippen LogP contribution in [0.4, 0.5) is 0 Å². The standard InChI is InChI=1S/C21H20N4O4/c1-3-29-16-6-4-14(5-7-16)18-12-22-13-19(24-18)21(27)25-23-11-15-10-17(28-2)8-9-20(15)26/h4-13,26H,3H2,1-2H3,(H,25,27)/b23-11+. The van der Waals surface area contributed by atoms with Crippen LogP contribution >= 0.6 is 0 Å². The summed E-state index contributed by atoms with van der Waals surface area (Å²) in [6.45, 7) is 2.50. The van der Waals surface area contributed by atoms with Crippen molar-refractivity contribution >= 4 is 12.1 Å². The zero-order valence-corrected chi connectivity index (χ0v) is 16.0. The van der Waals surface area contributed by atoms with E-state index in [-0.39, 0.29) is 11.4 Å². The first-order chi connectivity index (χ1) is 14.1. The molecule has 0 radical (unpaired) electrons. The van der Waals surface area contributed by atoms with Crippen molar-refractivity contribution in [1.29, 1.82) is 0 Å². The number of nitrogens with one attached hydrogen (secondary N) is 1. The highest BCUT2D eigenvalue weighted by Crippen LogP contribution is 2.21. The Morgan fingerprint density at radius 1 is 1.17 bits per heavy atom. The molecule has 2 aromatic carbocycles. The third-order valence-corrected chi connectivity index (χ3v) is 3.93. The van der Waals surface area contributed by atoms with Gasteiger partial charge in [0.15, 0.2) is 0 Å². The molecule has 0 atom stereocenters. The lowest BCUT2D eigenvalue weighted by atomic mass is 10.1. The molecule has 8 heteroatoms. The van der Waals surface area contributed by atoms with Crippen molar-refractivity contribution in [3.8, 4) is 28.5 Å². The van der Waals surface area contributed by atoms with Gasteiger partial charge in [-0.25, -0.2) is 10.4 Å². The van der Waals surface area contributed by atoms with Crippen LogP contribution in [0, 0.1) is 0 Å². The molecule has 0 spiro atoms. The molecule has 1 amide bonds. The summed E-state index contributed by atoms with van der Waals surface area (Å²) in [7, 11) is 1.52. The summed E-state index contributed by atoms with van der Waals surface area (Å²) in [6.07, 6.45) is 4.25. The van der Waals surface area contributed by atoms with E-state index in [4.69, 9.17) is 9.47 Å². The number of hydrazone groups is 1. The zero-order valence-electron chi connectivity index (χ0n) is 16.0. The third kappa shape index (κ3) is 5.07. The number of amides is 1. The summed E-state index contributed by atoms with van der Waals surface area (Å²) in [5, 5.41) is 13.7. The van der Waals surface area contributed by atoms with Gasteiger partial charge in [-0.05, 0) is 49.4 Å². The highest BCUT2D eigenvalue weighted by molar-refractivity contribution is 5.93. The molecular formula is C21H20N4O4. The molecule has 148 valence electrons. The number of carbonyl (C=O) groups is 1. The quantitative estimate of drug-likeness (QED) is 0.473. The van der Waals surface area contributed by atoms with Crippen LogP contribution in [-0.2, 0) is 0 Å². The topological polar surface area (TPSA) is 106 Å². The molecule has 0 saturated heterocycles. The fourth-order valence-corrected chi connectivity index (χ4v) is 2.48. The van der Waals surface area contributed by atoms with Gasteiger partial charge in [0.2, 0.25) is 0 Å². The molecule has 8 nitrogen and oxygen atoms in total. The van der Waals surface area contributed by atoms with Crippen molar-refractivity contribution in [2.45, 2.75) is 6.92 Å². The van der Waals surface area contributed by atoms with Gasteiger partial charge < -0.3 is 14.6 Å². The third-order valence-electron chi connectivity index (χ3n) is 3.93. The van der Waals surface area contributed by atoms with Crippen molar-refractivity contribution in [3.63, 3.8) is 0 Å². The van der Waals surface area contributed by atoms with Crippen LogP contribution in [0.3, 0.4) is 0 Å². The van der Waals surface area contributed by atoms with Gasteiger partial charge in [-0.1, -0.05) is 0 Å². The second kappa shape index (κ2) is 9.32. The summed E-state index contributed by atoms with van der Waals surface area (Å²) in [5.41, 5.74) is 4.25. The van der Waals surface area contributed by atoms with Crippen LogP contribution in [0.15, 0.2) is 60.0 Å². The molecule has 0 aliphatic rings. The number of hydrogen-bond acceptors (Lipinski definition) is 7. The van der Waals surface area contributed by atoms with Crippen LogP contribution in [-0.4, -0.2) is 40.9 Å². The first-order valence-corrected chi connectivity index (χ1v) is 8.86. The lowest BCUT2D eigenvalue weighted by Gasteiger charge is -2.06. The van der Waals surface area contributed by atoms with Crippen molar-refractivity contribution < 1.29 is 19.4 Å². The van der Waals surface area contributed by atoms with Crippen LogP contribution < -0.4 is 14.9 Å². The Balaban J connectivity index is 1.71. The fraction of sp³-hybridized carbons (Fsp3) is 0.143. The zero-order chi connectivity index (χ0) is 20.6. The van der Waals surface area contributed by atoms with Crippen LogP contribution in [0.1, 0.15) is 23.0 Å². The second-order valence-corrected chi connectivity index (χ2v) is 5.87. The Kier molecular flexibility index (Phi) is 6.36. The first-order valence-electron chi connectivity index (χ1n) is 8.86. The Labute approximate surface area is 167 Å². The Morgan fingerprint density at radius 2 is 1.93 bits per heavy atom. The molecule has 0 unspecified atom stereocenters. The summed E-state index contributed by atoms with van der Waals surface area (Å²) in [6, 6.07) is 12.1. The van der Waals surface area contributed by atoms with E-state index in [1.807, 2.05) is 31.2 Å². The molecule has 0 aliphatic carbocycles. The number of rotatable bonds is 7. The van der Waals surface area contributed by atoms with Crippen LogP contribution in [0.5, 0.6) is 17.2 Å². The average molecular weight is 392 g/mol. The molecule has 29 heavy (non-hydrogen) atoms. The number of aromatic hydroxyl groups is 1. The van der Waals surface area contributed by atoms with Gasteiger partial charge in [0.1, 0.15) is 22.9 Å².